The summed E-state index contributed by atoms with van der Waals surface area (Å²) in [4.78, 5) is 14.4. The molecule has 0 amide bonds. The smallest absolute Gasteiger partial charge is 0.118 e. The van der Waals surface area contributed by atoms with E-state index in [0.717, 1.165) is 61.9 Å². The third-order valence-electron chi connectivity index (χ3n) is 6.51. The van der Waals surface area contributed by atoms with Crippen molar-refractivity contribution in [3.05, 3.63) is 134 Å². The number of hydrogen-bond acceptors (Lipinski definition) is 4. The molecule has 0 radical (unpaired) electrons. The van der Waals surface area contributed by atoms with Gasteiger partial charge in [0, 0.05) is 12.4 Å². The van der Waals surface area contributed by atoms with E-state index in [0.29, 0.717) is 0 Å². The summed E-state index contributed by atoms with van der Waals surface area (Å²) in [6.45, 7) is 0. The number of methoxy groups -OCH3 is 1. The highest BCUT2D eigenvalue weighted by atomic mass is 16.5. The van der Waals surface area contributed by atoms with Crippen molar-refractivity contribution >= 4 is 0 Å². The van der Waals surface area contributed by atoms with Crippen molar-refractivity contribution in [1.82, 2.24) is 15.0 Å². The summed E-state index contributed by atoms with van der Waals surface area (Å²) in [5, 5.41) is 0. The lowest BCUT2D eigenvalue weighted by molar-refractivity contribution is 0.415. The van der Waals surface area contributed by atoms with Crippen LogP contribution in [0.2, 0.25) is 0 Å². The Bertz CT molecular complexity index is 1580. The first kappa shape index (κ1) is 23.3. The van der Waals surface area contributed by atoms with Crippen LogP contribution in [0.4, 0.5) is 0 Å². The molecule has 0 aliphatic rings. The molecule has 0 spiro atoms. The highest BCUT2D eigenvalue weighted by Gasteiger charge is 2.13. The topological polar surface area (TPSA) is 47.9 Å². The molecular weight excluding hydrogens is 466 g/mol. The summed E-state index contributed by atoms with van der Waals surface area (Å²) in [5.41, 5.74) is 9.76. The molecule has 3 heterocycles. The molecule has 0 N–H and O–H groups in total. The lowest BCUT2D eigenvalue weighted by Crippen LogP contribution is -1.95. The zero-order valence-electron chi connectivity index (χ0n) is 21.0. The highest BCUT2D eigenvalue weighted by Crippen LogP contribution is 2.32. The van der Waals surface area contributed by atoms with Gasteiger partial charge in [-0.25, -0.2) is 4.98 Å². The molecule has 0 aliphatic heterocycles. The monoisotopic (exact) mass is 491 g/mol. The Morgan fingerprint density at radius 1 is 0.421 bits per heavy atom. The summed E-state index contributed by atoms with van der Waals surface area (Å²) >= 11 is 0. The molecule has 4 heteroatoms. The van der Waals surface area contributed by atoms with Crippen LogP contribution < -0.4 is 4.74 Å². The number of rotatable bonds is 6. The second-order valence-corrected chi connectivity index (χ2v) is 8.95. The lowest BCUT2D eigenvalue weighted by Gasteiger charge is -2.11. The number of benzene rings is 3. The van der Waals surface area contributed by atoms with Crippen molar-refractivity contribution in [1.29, 1.82) is 0 Å². The second kappa shape index (κ2) is 10.5. The molecule has 0 fully saturated rings. The molecule has 38 heavy (non-hydrogen) atoms. The maximum atomic E-state index is 5.37. The second-order valence-electron chi connectivity index (χ2n) is 8.95. The fourth-order valence-corrected chi connectivity index (χ4v) is 4.50. The average molecular weight is 492 g/mol. The van der Waals surface area contributed by atoms with Crippen LogP contribution in [0.3, 0.4) is 0 Å². The third kappa shape index (κ3) is 4.93. The summed E-state index contributed by atoms with van der Waals surface area (Å²) in [5.74, 6) is 0.817. The average Bonchev–Trinajstić information content (AvgIpc) is 3.02. The standard InChI is InChI=1S/C34H25N3O/c1-38-30-14-12-26(13-15-30)29-22-33(31-20-27(16-18-35-31)24-8-4-2-5-9-24)37-34(23-29)32-21-28(17-19-36-32)25-10-6-3-7-11-25/h2-23H,1H3. The molecule has 182 valence electrons. The van der Waals surface area contributed by atoms with Crippen molar-refractivity contribution in [3.63, 3.8) is 0 Å². The van der Waals surface area contributed by atoms with Gasteiger partial charge in [0.15, 0.2) is 0 Å². The zero-order chi connectivity index (χ0) is 25.7. The number of aromatic nitrogens is 3. The third-order valence-corrected chi connectivity index (χ3v) is 6.51. The van der Waals surface area contributed by atoms with Gasteiger partial charge in [0.2, 0.25) is 0 Å². The minimum atomic E-state index is 0.790. The van der Waals surface area contributed by atoms with E-state index in [4.69, 9.17) is 19.7 Å². The van der Waals surface area contributed by atoms with Crippen LogP contribution in [0, 0.1) is 0 Å². The summed E-state index contributed by atoms with van der Waals surface area (Å²) in [6.07, 6.45) is 3.68. The number of pyridine rings is 3. The van der Waals surface area contributed by atoms with Gasteiger partial charge in [-0.15, -0.1) is 0 Å². The van der Waals surface area contributed by atoms with Crippen LogP contribution in [0.15, 0.2) is 134 Å². The minimum Gasteiger partial charge on any atom is -0.497 e. The lowest BCUT2D eigenvalue weighted by atomic mass is 10.0. The van der Waals surface area contributed by atoms with E-state index in [1.54, 1.807) is 7.11 Å². The Labute approximate surface area is 222 Å². The van der Waals surface area contributed by atoms with Gasteiger partial charge in [-0.1, -0.05) is 72.8 Å². The first-order chi connectivity index (χ1) is 18.8. The van der Waals surface area contributed by atoms with Crippen molar-refractivity contribution in [3.8, 4) is 61.9 Å². The molecule has 3 aromatic heterocycles. The van der Waals surface area contributed by atoms with Gasteiger partial charge < -0.3 is 4.74 Å². The van der Waals surface area contributed by atoms with E-state index in [-0.39, 0.29) is 0 Å². The first-order valence-electron chi connectivity index (χ1n) is 12.5. The maximum Gasteiger partial charge on any atom is 0.118 e. The molecule has 4 nitrogen and oxygen atoms in total. The van der Waals surface area contributed by atoms with Crippen LogP contribution in [0.1, 0.15) is 0 Å². The molecule has 6 aromatic rings. The van der Waals surface area contributed by atoms with Crippen LogP contribution in [-0.4, -0.2) is 22.1 Å². The molecular formula is C34H25N3O. The molecule has 0 saturated heterocycles. The fraction of sp³-hybridized carbons (Fsp3) is 0.0294. The molecule has 0 bridgehead atoms. The van der Waals surface area contributed by atoms with E-state index < -0.39 is 0 Å². The van der Waals surface area contributed by atoms with E-state index in [1.807, 2.05) is 73.1 Å². The predicted octanol–water partition coefficient (Wildman–Crippen LogP) is 8.22. The fourth-order valence-electron chi connectivity index (χ4n) is 4.50. The van der Waals surface area contributed by atoms with Gasteiger partial charge in [0.1, 0.15) is 5.75 Å². The van der Waals surface area contributed by atoms with Crippen LogP contribution in [-0.2, 0) is 0 Å². The highest BCUT2D eigenvalue weighted by molar-refractivity contribution is 5.78. The number of hydrogen-bond donors (Lipinski definition) is 0. The molecule has 0 aliphatic carbocycles. The molecule has 6 rings (SSSR count). The Hall–Kier alpha value is -5.09. The molecule has 0 saturated carbocycles. The summed E-state index contributed by atoms with van der Waals surface area (Å²) < 4.78 is 5.37. The van der Waals surface area contributed by atoms with Gasteiger partial charge in [-0.05, 0) is 81.9 Å². The number of ether oxygens (including phenoxy) is 1. The predicted molar refractivity (Wildman–Crippen MR) is 154 cm³/mol. The Morgan fingerprint density at radius 3 is 1.34 bits per heavy atom. The van der Waals surface area contributed by atoms with E-state index in [1.165, 1.54) is 0 Å². The van der Waals surface area contributed by atoms with Crippen molar-refractivity contribution < 1.29 is 4.74 Å². The normalized spacial score (nSPS) is 10.8. The largest absolute Gasteiger partial charge is 0.497 e. The first-order valence-corrected chi connectivity index (χ1v) is 12.5. The Kier molecular flexibility index (Phi) is 6.44. The Balaban J connectivity index is 1.49. The zero-order valence-corrected chi connectivity index (χ0v) is 21.0. The molecule has 0 unspecified atom stereocenters. The van der Waals surface area contributed by atoms with Crippen LogP contribution in [0.25, 0.3) is 56.2 Å². The Morgan fingerprint density at radius 2 is 0.868 bits per heavy atom. The van der Waals surface area contributed by atoms with Crippen LogP contribution in [0.5, 0.6) is 5.75 Å². The number of nitrogens with zero attached hydrogens (tertiary/aromatic N) is 3. The quantitative estimate of drug-likeness (QED) is 0.235. The van der Waals surface area contributed by atoms with Gasteiger partial charge in [-0.2, -0.15) is 0 Å². The SMILES string of the molecule is COc1ccc(-c2cc(-c3cc(-c4ccccc4)ccn3)nc(-c3cc(-c4ccccc4)ccn3)c2)cc1. The van der Waals surface area contributed by atoms with Gasteiger partial charge >= 0.3 is 0 Å². The van der Waals surface area contributed by atoms with E-state index in [9.17, 15) is 0 Å². The van der Waals surface area contributed by atoms with Gasteiger partial charge in [-0.3, -0.25) is 9.97 Å². The minimum absolute atomic E-state index is 0.790. The summed E-state index contributed by atoms with van der Waals surface area (Å²) in [7, 11) is 1.68. The van der Waals surface area contributed by atoms with Gasteiger partial charge in [0.25, 0.3) is 0 Å². The molecule has 3 aromatic carbocycles. The van der Waals surface area contributed by atoms with E-state index >= 15 is 0 Å². The van der Waals surface area contributed by atoms with E-state index in [2.05, 4.69) is 60.7 Å². The molecule has 0 atom stereocenters. The van der Waals surface area contributed by atoms with Crippen molar-refractivity contribution in [2.45, 2.75) is 0 Å². The van der Waals surface area contributed by atoms with Crippen LogP contribution >= 0.6 is 0 Å². The van der Waals surface area contributed by atoms with Gasteiger partial charge in [0.05, 0.1) is 29.9 Å². The van der Waals surface area contributed by atoms with Crippen molar-refractivity contribution in [2.75, 3.05) is 7.11 Å². The summed E-state index contributed by atoms with van der Waals surface area (Å²) in [6, 6.07) is 41.1. The maximum absolute atomic E-state index is 5.37. The van der Waals surface area contributed by atoms with Crippen molar-refractivity contribution in [2.24, 2.45) is 0 Å².